The molecule has 0 aliphatic rings. The Balaban J connectivity index is -0.0000000866. The summed E-state index contributed by atoms with van der Waals surface area (Å²) in [5.41, 5.74) is -3.62. The van der Waals surface area contributed by atoms with Crippen LogP contribution in [0.15, 0.2) is 48.6 Å². The van der Waals surface area contributed by atoms with Gasteiger partial charge in [-0.3, -0.25) is 0 Å². The number of halogens is 6. The van der Waals surface area contributed by atoms with Crippen molar-refractivity contribution >= 4 is 0 Å². The second-order valence-corrected chi connectivity index (χ2v) is 4.72. The molecule has 0 nitrogen and oxygen atoms in total. The van der Waals surface area contributed by atoms with E-state index in [1.165, 1.54) is 0 Å². The fourth-order valence-corrected chi connectivity index (χ4v) is 0.605. The molecule has 27 heavy (non-hydrogen) atoms. The Kier molecular flexibility index (Phi) is 30.5. The first-order valence-electron chi connectivity index (χ1n) is 8.94. The molecule has 0 spiro atoms. The van der Waals surface area contributed by atoms with E-state index in [2.05, 4.69) is 0 Å². The zero-order chi connectivity index (χ0) is 23.2. The average molecular weight is 405 g/mol. The molecule has 164 valence electrons. The van der Waals surface area contributed by atoms with Crippen LogP contribution in [0.4, 0.5) is 26.3 Å². The van der Waals surface area contributed by atoms with Gasteiger partial charge in [0, 0.05) is 0 Å². The Labute approximate surface area is 162 Å². The van der Waals surface area contributed by atoms with Gasteiger partial charge in [0.1, 0.15) is 0 Å². The molecule has 0 aromatic heterocycles. The molecular formula is C21H38F6. The number of allylic oxidation sites excluding steroid dienone is 8. The number of hydrogen-bond acceptors (Lipinski definition) is 0. The Morgan fingerprint density at radius 3 is 0.630 bits per heavy atom. The van der Waals surface area contributed by atoms with Crippen LogP contribution in [0.1, 0.15) is 69.2 Å². The number of rotatable bonds is 2. The SMILES string of the molecule is C/C=C\C=C/C.C/C=C\C=C/C.CC.CC.CC(C)(C(F)(F)F)C(F)(F)F. The van der Waals surface area contributed by atoms with Crippen LogP contribution in [0.2, 0.25) is 0 Å². The van der Waals surface area contributed by atoms with Gasteiger partial charge >= 0.3 is 12.4 Å². The summed E-state index contributed by atoms with van der Waals surface area (Å²) in [6.45, 7) is 16.2. The predicted octanol–water partition coefficient (Wildman–Crippen LogP) is 9.47. The lowest BCUT2D eigenvalue weighted by Gasteiger charge is -2.29. The third-order valence-electron chi connectivity index (χ3n) is 2.41. The molecule has 0 aromatic rings. The van der Waals surface area contributed by atoms with Crippen LogP contribution in [0.25, 0.3) is 0 Å². The molecule has 0 aliphatic heterocycles. The monoisotopic (exact) mass is 404 g/mol. The standard InChI is InChI=1S/2C6H10.C5H6F6.2C2H6/c2*1-3-5-6-4-2;1-3(2,4(6,7)8)5(9,10)11;2*1-2/h2*3-6H,1-2H3;1-2H3;2*1-2H3/b2*5-3-,6-4-;;;. The van der Waals surface area contributed by atoms with Gasteiger partial charge in [0.15, 0.2) is 5.41 Å². The van der Waals surface area contributed by atoms with Crippen LogP contribution in [-0.4, -0.2) is 12.4 Å². The Hall–Kier alpha value is -1.46. The van der Waals surface area contributed by atoms with Crippen LogP contribution < -0.4 is 0 Å². The van der Waals surface area contributed by atoms with Gasteiger partial charge in [-0.1, -0.05) is 76.3 Å². The van der Waals surface area contributed by atoms with E-state index in [1.807, 2.05) is 104 Å². The summed E-state index contributed by atoms with van der Waals surface area (Å²) in [7, 11) is 0. The third kappa shape index (κ3) is 24.5. The van der Waals surface area contributed by atoms with Crippen LogP contribution in [-0.2, 0) is 0 Å². The summed E-state index contributed by atoms with van der Waals surface area (Å²) in [5, 5.41) is 0. The zero-order valence-corrected chi connectivity index (χ0v) is 18.4. The minimum atomic E-state index is -5.24. The van der Waals surface area contributed by atoms with Crippen LogP contribution >= 0.6 is 0 Å². The van der Waals surface area contributed by atoms with E-state index in [-0.39, 0.29) is 13.8 Å². The van der Waals surface area contributed by atoms with Gasteiger partial charge in [-0.05, 0) is 41.5 Å². The van der Waals surface area contributed by atoms with Gasteiger partial charge in [0.2, 0.25) is 0 Å². The predicted molar refractivity (Wildman–Crippen MR) is 108 cm³/mol. The smallest absolute Gasteiger partial charge is 0.170 e. The minimum Gasteiger partial charge on any atom is -0.170 e. The normalized spacial score (nSPS) is 11.9. The van der Waals surface area contributed by atoms with Crippen LogP contribution in [0.3, 0.4) is 0 Å². The molecule has 0 bridgehead atoms. The summed E-state index contributed by atoms with van der Waals surface area (Å²) >= 11 is 0. The van der Waals surface area contributed by atoms with Crippen LogP contribution in [0, 0.1) is 5.41 Å². The van der Waals surface area contributed by atoms with Crippen molar-refractivity contribution in [1.29, 1.82) is 0 Å². The molecule has 0 radical (unpaired) electrons. The van der Waals surface area contributed by atoms with Gasteiger partial charge in [0.05, 0.1) is 0 Å². The zero-order valence-electron chi connectivity index (χ0n) is 18.4. The van der Waals surface area contributed by atoms with Gasteiger partial charge in [-0.2, -0.15) is 26.3 Å². The van der Waals surface area contributed by atoms with E-state index in [0.29, 0.717) is 0 Å². The Morgan fingerprint density at radius 2 is 0.593 bits per heavy atom. The summed E-state index contributed by atoms with van der Waals surface area (Å²) < 4.78 is 69.7. The highest BCUT2D eigenvalue weighted by Crippen LogP contribution is 2.49. The second kappa shape index (κ2) is 22.6. The van der Waals surface area contributed by atoms with E-state index in [0.717, 1.165) is 0 Å². The Bertz CT molecular complexity index is 324. The van der Waals surface area contributed by atoms with E-state index in [4.69, 9.17) is 0 Å². The fourth-order valence-electron chi connectivity index (χ4n) is 0.605. The summed E-state index contributed by atoms with van der Waals surface area (Å²) in [6.07, 6.45) is 5.51. The highest BCUT2D eigenvalue weighted by molar-refractivity contribution is 4.99. The summed E-state index contributed by atoms with van der Waals surface area (Å²) in [6, 6.07) is 0. The first-order valence-corrected chi connectivity index (χ1v) is 8.94. The van der Waals surface area contributed by atoms with Crippen molar-refractivity contribution in [2.75, 3.05) is 0 Å². The van der Waals surface area contributed by atoms with Crippen molar-refractivity contribution in [3.8, 4) is 0 Å². The van der Waals surface area contributed by atoms with Crippen molar-refractivity contribution in [2.24, 2.45) is 5.41 Å². The largest absolute Gasteiger partial charge is 0.402 e. The first-order chi connectivity index (χ1) is 12.3. The average Bonchev–Trinajstić information content (AvgIpc) is 2.61. The van der Waals surface area contributed by atoms with E-state index in [1.54, 1.807) is 0 Å². The first kappa shape index (κ1) is 36.5. The van der Waals surface area contributed by atoms with Crippen molar-refractivity contribution < 1.29 is 26.3 Å². The topological polar surface area (TPSA) is 0 Å². The van der Waals surface area contributed by atoms with Gasteiger partial charge in [-0.25, -0.2) is 0 Å². The van der Waals surface area contributed by atoms with Crippen molar-refractivity contribution in [2.45, 2.75) is 81.6 Å². The quantitative estimate of drug-likeness (QED) is 0.317. The molecule has 0 saturated carbocycles. The van der Waals surface area contributed by atoms with Crippen molar-refractivity contribution in [3.05, 3.63) is 48.6 Å². The lowest BCUT2D eigenvalue weighted by molar-refractivity contribution is -0.327. The summed E-state index contributed by atoms with van der Waals surface area (Å²) in [5.74, 6) is 0. The minimum absolute atomic E-state index is 0.104. The number of alkyl halides is 6. The molecule has 0 N–H and O–H groups in total. The van der Waals surface area contributed by atoms with Gasteiger partial charge in [-0.15, -0.1) is 0 Å². The molecule has 0 rings (SSSR count). The van der Waals surface area contributed by atoms with Crippen LogP contribution in [0.5, 0.6) is 0 Å². The van der Waals surface area contributed by atoms with Gasteiger partial charge in [0.25, 0.3) is 0 Å². The molecule has 0 saturated heterocycles. The summed E-state index contributed by atoms with van der Waals surface area (Å²) in [4.78, 5) is 0. The molecule has 0 amide bonds. The molecule has 0 atom stereocenters. The van der Waals surface area contributed by atoms with E-state index in [9.17, 15) is 26.3 Å². The second-order valence-electron chi connectivity index (χ2n) is 4.72. The van der Waals surface area contributed by atoms with Crippen molar-refractivity contribution in [3.63, 3.8) is 0 Å². The maximum atomic E-state index is 11.6. The maximum Gasteiger partial charge on any atom is 0.402 e. The molecule has 0 heterocycles. The maximum absolute atomic E-state index is 11.6. The molecule has 0 aromatic carbocycles. The van der Waals surface area contributed by atoms with E-state index >= 15 is 0 Å². The lowest BCUT2D eigenvalue weighted by Crippen LogP contribution is -2.44. The van der Waals surface area contributed by atoms with E-state index < -0.39 is 17.8 Å². The van der Waals surface area contributed by atoms with Gasteiger partial charge < -0.3 is 0 Å². The fraction of sp³-hybridized carbons (Fsp3) is 0.619. The molecule has 0 aliphatic carbocycles. The third-order valence-corrected chi connectivity index (χ3v) is 2.41. The molecule has 6 heteroatoms. The molecule has 0 unspecified atom stereocenters. The number of hydrogen-bond donors (Lipinski definition) is 0. The molecular weight excluding hydrogens is 366 g/mol. The lowest BCUT2D eigenvalue weighted by atomic mass is 9.92. The van der Waals surface area contributed by atoms with Crippen molar-refractivity contribution in [1.82, 2.24) is 0 Å². The highest BCUT2D eigenvalue weighted by atomic mass is 19.4. The Morgan fingerprint density at radius 1 is 0.444 bits per heavy atom. The highest BCUT2D eigenvalue weighted by Gasteiger charge is 2.64. The molecule has 0 fully saturated rings.